The molecule has 0 radical (unpaired) electrons. The highest BCUT2D eigenvalue weighted by atomic mass is 15.3. The maximum Gasteiger partial charge on any atom is 0.207 e. The first-order chi connectivity index (χ1) is 7.68. The fraction of sp³-hybridized carbons (Fsp3) is 0.750. The molecule has 2 heterocycles. The molecule has 1 saturated heterocycles. The van der Waals surface area contributed by atoms with E-state index in [1.165, 1.54) is 25.7 Å². The van der Waals surface area contributed by atoms with Crippen LogP contribution in [0.4, 0.5) is 11.8 Å². The van der Waals surface area contributed by atoms with Gasteiger partial charge in [0.15, 0.2) is 0 Å². The minimum absolute atomic E-state index is 0.419. The summed E-state index contributed by atoms with van der Waals surface area (Å²) in [6.45, 7) is 6.57. The van der Waals surface area contributed by atoms with E-state index in [1.54, 1.807) is 0 Å². The van der Waals surface area contributed by atoms with Crippen LogP contribution in [0.3, 0.4) is 0 Å². The van der Waals surface area contributed by atoms with Crippen molar-refractivity contribution in [1.82, 2.24) is 9.55 Å². The second-order valence-corrected chi connectivity index (χ2v) is 4.87. The Bertz CT molecular complexity index is 335. The van der Waals surface area contributed by atoms with E-state index in [0.717, 1.165) is 19.0 Å². The highest BCUT2D eigenvalue weighted by molar-refractivity contribution is 5.41. The Kier molecular flexibility index (Phi) is 3.36. The first kappa shape index (κ1) is 11.3. The quantitative estimate of drug-likeness (QED) is 0.836. The molecule has 0 aromatic carbocycles. The van der Waals surface area contributed by atoms with Gasteiger partial charge in [-0.3, -0.25) is 0 Å². The molecule has 2 rings (SSSR count). The molecule has 1 aliphatic heterocycles. The van der Waals surface area contributed by atoms with Crippen molar-refractivity contribution in [3.05, 3.63) is 6.20 Å². The first-order valence-corrected chi connectivity index (χ1v) is 6.28. The van der Waals surface area contributed by atoms with Gasteiger partial charge in [0.1, 0.15) is 5.82 Å². The summed E-state index contributed by atoms with van der Waals surface area (Å²) in [5, 5.41) is 0. The fourth-order valence-electron chi connectivity index (χ4n) is 2.29. The summed E-state index contributed by atoms with van der Waals surface area (Å²) in [6, 6.07) is 0.419. The third-order valence-electron chi connectivity index (χ3n) is 3.18. The largest absolute Gasteiger partial charge is 0.382 e. The number of rotatable bonds is 2. The molecule has 0 spiro atoms. The van der Waals surface area contributed by atoms with Crippen molar-refractivity contribution >= 4 is 11.8 Å². The van der Waals surface area contributed by atoms with E-state index in [2.05, 4.69) is 28.3 Å². The lowest BCUT2D eigenvalue weighted by Crippen LogP contribution is -2.27. The minimum atomic E-state index is 0.419. The molecule has 0 bridgehead atoms. The van der Waals surface area contributed by atoms with Gasteiger partial charge in [0, 0.05) is 25.3 Å². The Labute approximate surface area is 97.4 Å². The standard InChI is InChI=1S/C12H22N4/c1-10(2)16-9-11(13)14-12(16)15-7-5-3-4-6-8-15/h9-10H,3-8,13H2,1-2H3. The minimum Gasteiger partial charge on any atom is -0.382 e. The van der Waals surface area contributed by atoms with Crippen LogP contribution in [0.15, 0.2) is 6.20 Å². The van der Waals surface area contributed by atoms with Gasteiger partial charge in [-0.15, -0.1) is 0 Å². The van der Waals surface area contributed by atoms with E-state index >= 15 is 0 Å². The van der Waals surface area contributed by atoms with Gasteiger partial charge in [-0.05, 0) is 26.7 Å². The fourth-order valence-corrected chi connectivity index (χ4v) is 2.29. The van der Waals surface area contributed by atoms with E-state index < -0.39 is 0 Å². The molecule has 4 heteroatoms. The molecular formula is C12H22N4. The van der Waals surface area contributed by atoms with Crippen LogP contribution < -0.4 is 10.6 Å². The summed E-state index contributed by atoms with van der Waals surface area (Å²) in [6.07, 6.45) is 7.17. The van der Waals surface area contributed by atoms with Gasteiger partial charge in [-0.2, -0.15) is 4.98 Å². The molecule has 0 atom stereocenters. The van der Waals surface area contributed by atoms with Crippen LogP contribution in [0.1, 0.15) is 45.6 Å². The molecule has 16 heavy (non-hydrogen) atoms. The summed E-state index contributed by atoms with van der Waals surface area (Å²) >= 11 is 0. The molecule has 1 aromatic heterocycles. The molecule has 2 N–H and O–H groups in total. The van der Waals surface area contributed by atoms with E-state index in [1.807, 2.05) is 6.20 Å². The summed E-state index contributed by atoms with van der Waals surface area (Å²) in [5.41, 5.74) is 5.80. The monoisotopic (exact) mass is 222 g/mol. The van der Waals surface area contributed by atoms with Crippen LogP contribution >= 0.6 is 0 Å². The van der Waals surface area contributed by atoms with Crippen molar-refractivity contribution in [2.45, 2.75) is 45.6 Å². The van der Waals surface area contributed by atoms with Crippen LogP contribution in [0.5, 0.6) is 0 Å². The predicted octanol–water partition coefficient (Wildman–Crippen LogP) is 2.43. The smallest absolute Gasteiger partial charge is 0.207 e. The van der Waals surface area contributed by atoms with E-state index in [-0.39, 0.29) is 0 Å². The number of aromatic nitrogens is 2. The number of nitrogens with zero attached hydrogens (tertiary/aromatic N) is 3. The number of nitrogens with two attached hydrogens (primary N) is 1. The second kappa shape index (κ2) is 4.76. The summed E-state index contributed by atoms with van der Waals surface area (Å²) in [4.78, 5) is 6.84. The van der Waals surface area contributed by atoms with E-state index in [4.69, 9.17) is 5.73 Å². The van der Waals surface area contributed by atoms with E-state index in [9.17, 15) is 0 Å². The second-order valence-electron chi connectivity index (χ2n) is 4.87. The van der Waals surface area contributed by atoms with Crippen molar-refractivity contribution < 1.29 is 0 Å². The molecule has 90 valence electrons. The van der Waals surface area contributed by atoms with Crippen molar-refractivity contribution in [2.75, 3.05) is 23.7 Å². The van der Waals surface area contributed by atoms with E-state index in [0.29, 0.717) is 11.9 Å². The normalized spacial score (nSPS) is 17.8. The third-order valence-corrected chi connectivity index (χ3v) is 3.18. The van der Waals surface area contributed by atoms with Crippen LogP contribution in [0, 0.1) is 0 Å². The van der Waals surface area contributed by atoms with Crippen molar-refractivity contribution in [3.63, 3.8) is 0 Å². The zero-order chi connectivity index (χ0) is 11.5. The topological polar surface area (TPSA) is 47.1 Å². The molecule has 0 unspecified atom stereocenters. The van der Waals surface area contributed by atoms with Crippen molar-refractivity contribution in [1.29, 1.82) is 0 Å². The molecule has 1 aliphatic rings. The summed E-state index contributed by atoms with van der Waals surface area (Å²) in [5.74, 6) is 1.68. The Morgan fingerprint density at radius 3 is 2.38 bits per heavy atom. The highest BCUT2D eigenvalue weighted by Crippen LogP contribution is 2.23. The first-order valence-electron chi connectivity index (χ1n) is 6.28. The predicted molar refractivity (Wildman–Crippen MR) is 67.7 cm³/mol. The number of hydrogen-bond donors (Lipinski definition) is 1. The Hall–Kier alpha value is -1.19. The zero-order valence-corrected chi connectivity index (χ0v) is 10.3. The van der Waals surface area contributed by atoms with Crippen LogP contribution in [-0.2, 0) is 0 Å². The lowest BCUT2D eigenvalue weighted by atomic mass is 10.2. The van der Waals surface area contributed by atoms with Gasteiger partial charge in [0.25, 0.3) is 0 Å². The lowest BCUT2D eigenvalue weighted by Gasteiger charge is -2.23. The molecule has 0 amide bonds. The summed E-state index contributed by atoms with van der Waals surface area (Å²) in [7, 11) is 0. The zero-order valence-electron chi connectivity index (χ0n) is 10.3. The lowest BCUT2D eigenvalue weighted by molar-refractivity contribution is 0.584. The Balaban J connectivity index is 2.23. The van der Waals surface area contributed by atoms with Gasteiger partial charge < -0.3 is 15.2 Å². The van der Waals surface area contributed by atoms with Gasteiger partial charge in [0.05, 0.1) is 0 Å². The maximum absolute atomic E-state index is 5.80. The molecule has 0 saturated carbocycles. The molecule has 0 aliphatic carbocycles. The van der Waals surface area contributed by atoms with Crippen LogP contribution in [0.2, 0.25) is 0 Å². The van der Waals surface area contributed by atoms with Crippen molar-refractivity contribution in [2.24, 2.45) is 0 Å². The van der Waals surface area contributed by atoms with Crippen LogP contribution in [0.25, 0.3) is 0 Å². The molecule has 1 fully saturated rings. The number of imidazole rings is 1. The average molecular weight is 222 g/mol. The average Bonchev–Trinajstić information content (AvgIpc) is 2.49. The third kappa shape index (κ3) is 2.31. The molecule has 1 aromatic rings. The number of anilines is 2. The van der Waals surface area contributed by atoms with Crippen LogP contribution in [-0.4, -0.2) is 22.6 Å². The van der Waals surface area contributed by atoms with Gasteiger partial charge in [0.2, 0.25) is 5.95 Å². The Morgan fingerprint density at radius 1 is 1.19 bits per heavy atom. The molecule has 4 nitrogen and oxygen atoms in total. The van der Waals surface area contributed by atoms with Gasteiger partial charge in [-0.25, -0.2) is 0 Å². The summed E-state index contributed by atoms with van der Waals surface area (Å²) < 4.78 is 2.18. The van der Waals surface area contributed by atoms with Crippen molar-refractivity contribution in [3.8, 4) is 0 Å². The SMILES string of the molecule is CC(C)n1cc(N)nc1N1CCCCCC1. The molecular weight excluding hydrogens is 200 g/mol. The number of hydrogen-bond acceptors (Lipinski definition) is 3. The Morgan fingerprint density at radius 2 is 1.81 bits per heavy atom. The highest BCUT2D eigenvalue weighted by Gasteiger charge is 2.17. The van der Waals surface area contributed by atoms with Gasteiger partial charge >= 0.3 is 0 Å². The maximum atomic E-state index is 5.80. The number of nitrogen functional groups attached to an aromatic ring is 1. The van der Waals surface area contributed by atoms with Gasteiger partial charge in [-0.1, -0.05) is 12.8 Å².